The predicted octanol–water partition coefficient (Wildman–Crippen LogP) is 2.68. The number of hydrogen-bond donors (Lipinski definition) is 3. The second-order valence-electron chi connectivity index (χ2n) is 9.45. The average Bonchev–Trinajstić information content (AvgIpc) is 2.99. The summed E-state index contributed by atoms with van der Waals surface area (Å²) in [5.74, 6) is 1.22. The Morgan fingerprint density at radius 1 is 1.19 bits per heavy atom. The third kappa shape index (κ3) is 3.10. The van der Waals surface area contributed by atoms with Gasteiger partial charge >= 0.3 is 0 Å². The molecule has 1 heterocycles. The first kappa shape index (κ1) is 18.0. The SMILES string of the molecule is O=C(NC1[C@H]2CC3C[C@H]1CC(O)(C3)C2)c1cnn(C2CCC(O)CC2)c1Cl. The van der Waals surface area contributed by atoms with Crippen molar-refractivity contribution in [3.63, 3.8) is 0 Å². The van der Waals surface area contributed by atoms with Gasteiger partial charge in [-0.15, -0.1) is 0 Å². The summed E-state index contributed by atoms with van der Waals surface area (Å²) in [5.41, 5.74) is -0.0541. The van der Waals surface area contributed by atoms with Crippen LogP contribution < -0.4 is 5.32 Å². The van der Waals surface area contributed by atoms with E-state index in [0.717, 1.165) is 57.8 Å². The second kappa shape index (κ2) is 6.46. The molecule has 5 aliphatic carbocycles. The molecule has 5 saturated carbocycles. The van der Waals surface area contributed by atoms with Crippen LogP contribution in [0.1, 0.15) is 74.2 Å². The van der Waals surface area contributed by atoms with E-state index in [4.69, 9.17) is 11.6 Å². The van der Waals surface area contributed by atoms with Crippen molar-refractivity contribution >= 4 is 17.5 Å². The standard InChI is InChI=1S/C20H28ClN3O3/c21-18-16(10-22-24(18)14-1-3-15(25)4-2-14)19(26)23-17-12-5-11-6-13(17)9-20(27,7-11)8-12/h10-15,17,25,27H,1-9H2,(H,23,26)/t11?,12-,13-,14?,15?,17?,20?/m0/s1. The molecule has 0 spiro atoms. The van der Waals surface area contributed by atoms with Crippen molar-refractivity contribution in [2.45, 2.75) is 81.6 Å². The van der Waals surface area contributed by atoms with Crippen molar-refractivity contribution in [3.8, 4) is 0 Å². The first-order valence-corrected chi connectivity index (χ1v) is 10.7. The molecule has 4 bridgehead atoms. The minimum atomic E-state index is -0.494. The van der Waals surface area contributed by atoms with Crippen LogP contribution in [-0.2, 0) is 0 Å². The van der Waals surface area contributed by atoms with E-state index < -0.39 is 5.60 Å². The van der Waals surface area contributed by atoms with Gasteiger partial charge in [0.1, 0.15) is 5.15 Å². The summed E-state index contributed by atoms with van der Waals surface area (Å²) in [6.07, 6.45) is 9.28. The normalized spacial score (nSPS) is 43.1. The number of hydrogen-bond acceptors (Lipinski definition) is 4. The lowest BCUT2D eigenvalue weighted by Gasteiger charge is -2.58. The van der Waals surface area contributed by atoms with Crippen LogP contribution in [0, 0.1) is 17.8 Å². The van der Waals surface area contributed by atoms with Crippen LogP contribution >= 0.6 is 11.6 Å². The Bertz CT molecular complexity index is 727. The Morgan fingerprint density at radius 2 is 1.85 bits per heavy atom. The largest absolute Gasteiger partial charge is 0.393 e. The first-order chi connectivity index (χ1) is 12.9. The molecule has 27 heavy (non-hydrogen) atoms. The summed E-state index contributed by atoms with van der Waals surface area (Å²) in [7, 11) is 0. The van der Waals surface area contributed by atoms with Gasteiger partial charge in [0.15, 0.2) is 0 Å². The zero-order chi connectivity index (χ0) is 18.8. The zero-order valence-corrected chi connectivity index (χ0v) is 16.2. The van der Waals surface area contributed by atoms with Gasteiger partial charge in [-0.05, 0) is 75.5 Å². The van der Waals surface area contributed by atoms with E-state index in [2.05, 4.69) is 10.4 Å². The Morgan fingerprint density at radius 3 is 2.48 bits per heavy atom. The fourth-order valence-electron chi connectivity index (χ4n) is 6.50. The average molecular weight is 394 g/mol. The quantitative estimate of drug-likeness (QED) is 0.736. The van der Waals surface area contributed by atoms with Crippen LogP contribution in [0.25, 0.3) is 0 Å². The fraction of sp³-hybridized carbons (Fsp3) is 0.800. The van der Waals surface area contributed by atoms with Crippen LogP contribution in [0.4, 0.5) is 0 Å². The molecule has 6 rings (SSSR count). The highest BCUT2D eigenvalue weighted by atomic mass is 35.5. The highest BCUT2D eigenvalue weighted by Crippen LogP contribution is 2.55. The predicted molar refractivity (Wildman–Crippen MR) is 101 cm³/mol. The molecule has 6 nitrogen and oxygen atoms in total. The number of aromatic nitrogens is 2. The van der Waals surface area contributed by atoms with E-state index in [1.807, 2.05) is 0 Å². The molecule has 3 N–H and O–H groups in total. The van der Waals surface area contributed by atoms with Gasteiger partial charge in [-0.2, -0.15) is 5.10 Å². The lowest BCUT2D eigenvalue weighted by Crippen LogP contribution is -2.61. The van der Waals surface area contributed by atoms with E-state index >= 15 is 0 Å². The Hall–Kier alpha value is -1.11. The number of nitrogens with one attached hydrogen (secondary N) is 1. The topological polar surface area (TPSA) is 87.4 Å². The number of halogens is 1. The number of amides is 1. The molecule has 1 aromatic rings. The summed E-state index contributed by atoms with van der Waals surface area (Å²) < 4.78 is 1.75. The Labute approximate surface area is 164 Å². The smallest absolute Gasteiger partial charge is 0.256 e. The van der Waals surface area contributed by atoms with Crippen LogP contribution in [-0.4, -0.2) is 43.6 Å². The Balaban J connectivity index is 1.30. The molecule has 1 amide bonds. The minimum absolute atomic E-state index is 0.138. The van der Waals surface area contributed by atoms with Gasteiger partial charge in [0.25, 0.3) is 5.91 Å². The maximum atomic E-state index is 12.9. The minimum Gasteiger partial charge on any atom is -0.393 e. The molecule has 0 radical (unpaired) electrons. The highest BCUT2D eigenvalue weighted by molar-refractivity contribution is 6.32. The van der Waals surface area contributed by atoms with Crippen LogP contribution in [0.15, 0.2) is 6.20 Å². The lowest BCUT2D eigenvalue weighted by atomic mass is 9.52. The van der Waals surface area contributed by atoms with Gasteiger partial charge < -0.3 is 15.5 Å². The molecule has 7 heteroatoms. The van der Waals surface area contributed by atoms with E-state index in [0.29, 0.717) is 28.5 Å². The van der Waals surface area contributed by atoms with E-state index in [1.165, 1.54) is 0 Å². The van der Waals surface area contributed by atoms with Crippen molar-refractivity contribution in [1.82, 2.24) is 15.1 Å². The number of nitrogens with zero attached hydrogens (tertiary/aromatic N) is 2. The van der Waals surface area contributed by atoms with Gasteiger partial charge in [0.05, 0.1) is 29.5 Å². The fourth-order valence-corrected chi connectivity index (χ4v) is 6.82. The number of carbonyl (C=O) groups is 1. The molecular formula is C20H28ClN3O3. The summed E-state index contributed by atoms with van der Waals surface area (Å²) in [5, 5.41) is 28.4. The molecule has 0 aliphatic heterocycles. The van der Waals surface area contributed by atoms with Crippen molar-refractivity contribution in [3.05, 3.63) is 16.9 Å². The van der Waals surface area contributed by atoms with E-state index in [-0.39, 0.29) is 24.1 Å². The van der Waals surface area contributed by atoms with Gasteiger partial charge in [-0.1, -0.05) is 11.6 Å². The summed E-state index contributed by atoms with van der Waals surface area (Å²) >= 11 is 6.52. The second-order valence-corrected chi connectivity index (χ2v) is 9.81. The van der Waals surface area contributed by atoms with Crippen LogP contribution in [0.2, 0.25) is 5.15 Å². The molecule has 5 fully saturated rings. The molecular weight excluding hydrogens is 366 g/mol. The number of aliphatic hydroxyl groups is 2. The molecule has 0 saturated heterocycles. The summed E-state index contributed by atoms with van der Waals surface area (Å²) in [4.78, 5) is 12.9. The van der Waals surface area contributed by atoms with Gasteiger partial charge in [0.2, 0.25) is 0 Å². The molecule has 5 aliphatic rings. The maximum absolute atomic E-state index is 12.9. The van der Waals surface area contributed by atoms with Gasteiger partial charge in [-0.3, -0.25) is 9.48 Å². The number of carbonyl (C=O) groups excluding carboxylic acids is 1. The zero-order valence-electron chi connectivity index (χ0n) is 15.5. The van der Waals surface area contributed by atoms with E-state index in [1.54, 1.807) is 10.9 Å². The molecule has 0 unspecified atom stereocenters. The third-order valence-corrected chi connectivity index (χ3v) is 7.91. The Kier molecular flexibility index (Phi) is 4.30. The van der Waals surface area contributed by atoms with Crippen molar-refractivity contribution < 1.29 is 15.0 Å². The number of aliphatic hydroxyl groups excluding tert-OH is 1. The maximum Gasteiger partial charge on any atom is 0.256 e. The van der Waals surface area contributed by atoms with Crippen molar-refractivity contribution in [1.29, 1.82) is 0 Å². The first-order valence-electron chi connectivity index (χ1n) is 10.4. The summed E-state index contributed by atoms with van der Waals surface area (Å²) in [6.45, 7) is 0. The van der Waals surface area contributed by atoms with Crippen molar-refractivity contribution in [2.75, 3.05) is 0 Å². The van der Waals surface area contributed by atoms with Crippen LogP contribution in [0.3, 0.4) is 0 Å². The molecule has 2 atom stereocenters. The summed E-state index contributed by atoms with van der Waals surface area (Å²) in [6, 6.07) is 0.288. The molecule has 0 aromatic carbocycles. The molecule has 148 valence electrons. The van der Waals surface area contributed by atoms with Crippen LogP contribution in [0.5, 0.6) is 0 Å². The van der Waals surface area contributed by atoms with Gasteiger partial charge in [-0.25, -0.2) is 0 Å². The monoisotopic (exact) mass is 393 g/mol. The van der Waals surface area contributed by atoms with Crippen molar-refractivity contribution in [2.24, 2.45) is 17.8 Å². The van der Waals surface area contributed by atoms with Gasteiger partial charge in [0, 0.05) is 6.04 Å². The molecule has 1 aromatic heterocycles. The number of rotatable bonds is 3. The highest BCUT2D eigenvalue weighted by Gasteiger charge is 2.55. The third-order valence-electron chi connectivity index (χ3n) is 7.53. The van der Waals surface area contributed by atoms with E-state index in [9.17, 15) is 15.0 Å². The lowest BCUT2D eigenvalue weighted by molar-refractivity contribution is -0.136.